The molecule has 1 amide bonds. The fourth-order valence-corrected chi connectivity index (χ4v) is 3.87. The maximum Gasteiger partial charge on any atom is 0.261 e. The number of rotatable bonds is 7. The summed E-state index contributed by atoms with van der Waals surface area (Å²) in [4.78, 5) is 14.3. The molecule has 0 bridgehead atoms. The number of carbonyl (C=O) groups is 1. The third-order valence-electron chi connectivity index (χ3n) is 4.42. The second kappa shape index (κ2) is 8.40. The molecule has 1 heterocycles. The number of benzene rings is 2. The first-order chi connectivity index (χ1) is 13.8. The van der Waals surface area contributed by atoms with Crippen LogP contribution in [0.2, 0.25) is 0 Å². The van der Waals surface area contributed by atoms with E-state index in [0.717, 1.165) is 0 Å². The molecule has 0 radical (unpaired) electrons. The molecule has 1 aromatic heterocycles. The topological polar surface area (TPSA) is 88.8 Å². The van der Waals surface area contributed by atoms with Crippen LogP contribution in [-0.2, 0) is 16.6 Å². The molecule has 0 spiro atoms. The Balaban J connectivity index is 1.81. The lowest BCUT2D eigenvalue weighted by atomic mass is 10.1. The second-order valence-corrected chi connectivity index (χ2v) is 8.23. The molecule has 0 saturated heterocycles. The molecular weight excluding hydrogens is 392 g/mol. The van der Waals surface area contributed by atoms with Gasteiger partial charge in [-0.15, -0.1) is 0 Å². The lowest BCUT2D eigenvalue weighted by Gasteiger charge is -2.17. The monoisotopic (exact) mass is 414 g/mol. The number of hydrogen-bond acceptors (Lipinski definition) is 5. The first kappa shape index (κ1) is 20.5. The fraction of sp³-hybridized carbons (Fsp3) is 0.190. The van der Waals surface area contributed by atoms with Crippen molar-refractivity contribution < 1.29 is 22.4 Å². The van der Waals surface area contributed by atoms with Gasteiger partial charge in [0.25, 0.3) is 15.9 Å². The number of anilines is 1. The van der Waals surface area contributed by atoms with Gasteiger partial charge in [-0.1, -0.05) is 6.07 Å². The zero-order valence-corrected chi connectivity index (χ0v) is 17.2. The van der Waals surface area contributed by atoms with Gasteiger partial charge in [0.2, 0.25) is 0 Å². The SMILES string of the molecule is COc1ccc(S(=O)(=O)Nc2cc(C(=O)N(C)Cc3ccco3)ccc2C)cc1. The number of amides is 1. The van der Waals surface area contributed by atoms with Crippen LogP contribution in [0.25, 0.3) is 0 Å². The van der Waals surface area contributed by atoms with Crippen LogP contribution in [0.5, 0.6) is 5.75 Å². The first-order valence-electron chi connectivity index (χ1n) is 8.85. The Morgan fingerprint density at radius 1 is 1.14 bits per heavy atom. The molecule has 29 heavy (non-hydrogen) atoms. The van der Waals surface area contributed by atoms with Gasteiger partial charge in [0.1, 0.15) is 11.5 Å². The van der Waals surface area contributed by atoms with Crippen LogP contribution in [-0.4, -0.2) is 33.4 Å². The highest BCUT2D eigenvalue weighted by Gasteiger charge is 2.18. The number of ether oxygens (including phenoxy) is 1. The number of sulfonamides is 1. The molecule has 3 rings (SSSR count). The lowest BCUT2D eigenvalue weighted by molar-refractivity contribution is 0.0775. The average molecular weight is 414 g/mol. The third-order valence-corrected chi connectivity index (χ3v) is 5.80. The molecule has 1 N–H and O–H groups in total. The molecule has 7 nitrogen and oxygen atoms in total. The molecule has 8 heteroatoms. The van der Waals surface area contributed by atoms with Crippen molar-refractivity contribution in [2.24, 2.45) is 0 Å². The minimum atomic E-state index is -3.81. The summed E-state index contributed by atoms with van der Waals surface area (Å²) >= 11 is 0. The largest absolute Gasteiger partial charge is 0.497 e. The summed E-state index contributed by atoms with van der Waals surface area (Å²) in [6.45, 7) is 2.08. The van der Waals surface area contributed by atoms with Gasteiger partial charge in [-0.25, -0.2) is 8.42 Å². The van der Waals surface area contributed by atoms with Gasteiger partial charge >= 0.3 is 0 Å². The Kier molecular flexibility index (Phi) is 5.93. The smallest absolute Gasteiger partial charge is 0.261 e. The minimum absolute atomic E-state index is 0.101. The van der Waals surface area contributed by atoms with E-state index in [9.17, 15) is 13.2 Å². The van der Waals surface area contributed by atoms with E-state index in [4.69, 9.17) is 9.15 Å². The Morgan fingerprint density at radius 3 is 2.48 bits per heavy atom. The molecule has 152 valence electrons. The van der Waals surface area contributed by atoms with E-state index in [0.29, 0.717) is 34.9 Å². The van der Waals surface area contributed by atoms with Gasteiger partial charge < -0.3 is 14.1 Å². The number of aryl methyl sites for hydroxylation is 1. The van der Waals surface area contributed by atoms with Crippen molar-refractivity contribution in [1.82, 2.24) is 4.90 Å². The summed E-state index contributed by atoms with van der Waals surface area (Å²) in [7, 11) is -0.641. The van der Waals surface area contributed by atoms with Crippen LogP contribution in [0.4, 0.5) is 5.69 Å². The van der Waals surface area contributed by atoms with Crippen LogP contribution >= 0.6 is 0 Å². The molecule has 2 aromatic carbocycles. The zero-order chi connectivity index (χ0) is 21.0. The van der Waals surface area contributed by atoms with Crippen molar-refractivity contribution in [1.29, 1.82) is 0 Å². The first-order valence-corrected chi connectivity index (χ1v) is 10.3. The van der Waals surface area contributed by atoms with Crippen LogP contribution in [0.15, 0.2) is 70.2 Å². The number of furan rings is 1. The summed E-state index contributed by atoms with van der Waals surface area (Å²) < 4.78 is 38.3. The number of carbonyl (C=O) groups excluding carboxylic acids is 1. The molecule has 0 aliphatic heterocycles. The summed E-state index contributed by atoms with van der Waals surface area (Å²) in [6, 6.07) is 14.5. The van der Waals surface area contributed by atoms with Gasteiger partial charge in [-0.3, -0.25) is 9.52 Å². The number of nitrogens with zero attached hydrogens (tertiary/aromatic N) is 1. The van der Waals surface area contributed by atoms with Crippen molar-refractivity contribution in [3.8, 4) is 5.75 Å². The Labute approximate surface area is 170 Å². The Bertz CT molecular complexity index is 1090. The minimum Gasteiger partial charge on any atom is -0.497 e. The maximum atomic E-state index is 12.7. The predicted octanol–water partition coefficient (Wildman–Crippen LogP) is 3.67. The van der Waals surface area contributed by atoms with Crippen molar-refractivity contribution in [3.63, 3.8) is 0 Å². The van der Waals surface area contributed by atoms with Crippen LogP contribution < -0.4 is 9.46 Å². The van der Waals surface area contributed by atoms with Crippen LogP contribution in [0.3, 0.4) is 0 Å². The van der Waals surface area contributed by atoms with Gasteiger partial charge in [-0.05, 0) is 61.0 Å². The highest BCUT2D eigenvalue weighted by molar-refractivity contribution is 7.92. The quantitative estimate of drug-likeness (QED) is 0.637. The summed E-state index contributed by atoms with van der Waals surface area (Å²) in [5, 5.41) is 0. The fourth-order valence-electron chi connectivity index (χ4n) is 2.75. The summed E-state index contributed by atoms with van der Waals surface area (Å²) in [6.07, 6.45) is 1.55. The summed E-state index contributed by atoms with van der Waals surface area (Å²) in [5.74, 6) is 0.979. The van der Waals surface area contributed by atoms with Gasteiger partial charge in [0, 0.05) is 12.6 Å². The Morgan fingerprint density at radius 2 is 1.86 bits per heavy atom. The van der Waals surface area contributed by atoms with Crippen molar-refractivity contribution in [2.45, 2.75) is 18.4 Å². The highest BCUT2D eigenvalue weighted by atomic mass is 32.2. The number of hydrogen-bond donors (Lipinski definition) is 1. The molecule has 0 saturated carbocycles. The third kappa shape index (κ3) is 4.78. The molecule has 0 fully saturated rings. The van der Waals surface area contributed by atoms with Crippen molar-refractivity contribution in [2.75, 3.05) is 18.9 Å². The van der Waals surface area contributed by atoms with Crippen molar-refractivity contribution >= 4 is 21.6 Å². The second-order valence-electron chi connectivity index (χ2n) is 6.55. The zero-order valence-electron chi connectivity index (χ0n) is 16.4. The molecule has 0 aliphatic carbocycles. The average Bonchev–Trinajstić information content (AvgIpc) is 3.22. The lowest BCUT2D eigenvalue weighted by Crippen LogP contribution is -2.26. The standard InChI is InChI=1S/C21H22N2O5S/c1-15-6-7-16(21(24)23(2)14-18-5-4-12-28-18)13-20(15)22-29(25,26)19-10-8-17(27-3)9-11-19/h4-13,22H,14H2,1-3H3. The normalized spacial score (nSPS) is 11.1. The van der Waals surface area contributed by atoms with Gasteiger partial charge in [-0.2, -0.15) is 0 Å². The molecule has 0 aliphatic rings. The predicted molar refractivity (Wildman–Crippen MR) is 109 cm³/mol. The van der Waals surface area contributed by atoms with Crippen LogP contribution in [0.1, 0.15) is 21.7 Å². The van der Waals surface area contributed by atoms with E-state index >= 15 is 0 Å². The number of nitrogens with one attached hydrogen (secondary N) is 1. The Hall–Kier alpha value is -3.26. The van der Waals surface area contributed by atoms with E-state index in [2.05, 4.69) is 4.72 Å². The van der Waals surface area contributed by atoms with Gasteiger partial charge in [0.15, 0.2) is 0 Å². The van der Waals surface area contributed by atoms with E-state index < -0.39 is 10.0 Å². The van der Waals surface area contributed by atoms with Gasteiger partial charge in [0.05, 0.1) is 30.5 Å². The molecule has 0 atom stereocenters. The maximum absolute atomic E-state index is 12.7. The molecule has 0 unspecified atom stereocenters. The van der Waals surface area contributed by atoms with E-state index in [1.54, 1.807) is 56.6 Å². The van der Waals surface area contributed by atoms with E-state index in [1.165, 1.54) is 30.2 Å². The molecule has 3 aromatic rings. The number of methoxy groups -OCH3 is 1. The molecular formula is C21H22N2O5S. The van der Waals surface area contributed by atoms with Crippen molar-refractivity contribution in [3.05, 3.63) is 77.7 Å². The highest BCUT2D eigenvalue weighted by Crippen LogP contribution is 2.23. The summed E-state index contributed by atoms with van der Waals surface area (Å²) in [5.41, 5.74) is 1.42. The van der Waals surface area contributed by atoms with E-state index in [-0.39, 0.29) is 10.8 Å². The van der Waals surface area contributed by atoms with Crippen LogP contribution in [0, 0.1) is 6.92 Å². The van der Waals surface area contributed by atoms with E-state index in [1.807, 2.05) is 0 Å².